The molecule has 0 bridgehead atoms. The van der Waals surface area contributed by atoms with Crippen molar-refractivity contribution in [2.24, 2.45) is 5.73 Å². The van der Waals surface area contributed by atoms with E-state index in [1.165, 1.54) is 0 Å². The molecule has 5 nitrogen and oxygen atoms in total. The topological polar surface area (TPSA) is 58.8 Å². The molecule has 3 rings (SSSR count). The summed E-state index contributed by atoms with van der Waals surface area (Å²) in [7, 11) is 1.71. The number of ether oxygens (including phenoxy) is 1. The molecule has 1 heterocycles. The van der Waals surface area contributed by atoms with Crippen molar-refractivity contribution < 1.29 is 9.53 Å². The summed E-state index contributed by atoms with van der Waals surface area (Å²) in [6, 6.07) is 15.7. The summed E-state index contributed by atoms with van der Waals surface area (Å²) in [5, 5.41) is 0. The molecular formula is C19H23N3O2. The molecule has 0 unspecified atom stereocenters. The van der Waals surface area contributed by atoms with Gasteiger partial charge in [-0.3, -0.25) is 9.69 Å². The van der Waals surface area contributed by atoms with Gasteiger partial charge in [0.1, 0.15) is 5.75 Å². The third-order valence-corrected chi connectivity index (χ3v) is 4.42. The number of rotatable bonds is 5. The van der Waals surface area contributed by atoms with Gasteiger partial charge in [0.2, 0.25) is 5.91 Å². The van der Waals surface area contributed by atoms with E-state index in [1.54, 1.807) is 13.2 Å². The highest BCUT2D eigenvalue weighted by Gasteiger charge is 2.19. The molecule has 2 N–H and O–H groups in total. The largest absolute Gasteiger partial charge is 0.495 e. The molecule has 0 aliphatic carbocycles. The minimum Gasteiger partial charge on any atom is -0.495 e. The lowest BCUT2D eigenvalue weighted by Crippen LogP contribution is -2.46. The fourth-order valence-corrected chi connectivity index (χ4v) is 3.12. The summed E-state index contributed by atoms with van der Waals surface area (Å²) in [5.74, 6) is 0.540. The molecule has 1 aliphatic heterocycles. The molecule has 1 aliphatic rings. The van der Waals surface area contributed by atoms with Crippen molar-refractivity contribution in [2.75, 3.05) is 38.2 Å². The second kappa shape index (κ2) is 7.36. The van der Waals surface area contributed by atoms with Crippen LogP contribution in [-0.4, -0.2) is 44.1 Å². The summed E-state index contributed by atoms with van der Waals surface area (Å²) in [4.78, 5) is 16.0. The molecule has 0 aromatic heterocycles. The predicted molar refractivity (Wildman–Crippen MR) is 95.4 cm³/mol. The van der Waals surface area contributed by atoms with Crippen LogP contribution < -0.4 is 15.4 Å². The Labute approximate surface area is 142 Å². The molecule has 1 amide bonds. The van der Waals surface area contributed by atoms with Gasteiger partial charge in [-0.2, -0.15) is 0 Å². The first-order valence-electron chi connectivity index (χ1n) is 8.16. The highest BCUT2D eigenvalue weighted by molar-refractivity contribution is 5.92. The van der Waals surface area contributed by atoms with Gasteiger partial charge in [0.25, 0.3) is 0 Å². The van der Waals surface area contributed by atoms with Gasteiger partial charge in [0.05, 0.1) is 12.8 Å². The van der Waals surface area contributed by atoms with Crippen LogP contribution in [-0.2, 0) is 6.54 Å². The third kappa shape index (κ3) is 3.68. The first-order chi connectivity index (χ1) is 11.7. The molecule has 0 saturated carbocycles. The van der Waals surface area contributed by atoms with Gasteiger partial charge >= 0.3 is 0 Å². The van der Waals surface area contributed by atoms with Crippen LogP contribution >= 0.6 is 0 Å². The standard InChI is InChI=1S/C19H23N3O2/c1-24-18-8-3-2-7-17(18)22-11-9-21(10-12-22)14-15-5-4-6-16(13-15)19(20)23/h2-8,13H,9-12,14H2,1H3,(H2,20,23). The zero-order valence-corrected chi connectivity index (χ0v) is 13.9. The lowest BCUT2D eigenvalue weighted by Gasteiger charge is -2.36. The highest BCUT2D eigenvalue weighted by atomic mass is 16.5. The van der Waals surface area contributed by atoms with E-state index in [0.29, 0.717) is 5.56 Å². The van der Waals surface area contributed by atoms with Gasteiger partial charge in [-0.1, -0.05) is 24.3 Å². The summed E-state index contributed by atoms with van der Waals surface area (Å²) in [5.41, 5.74) is 8.20. The number of nitrogens with two attached hydrogens (primary N) is 1. The first-order valence-corrected chi connectivity index (χ1v) is 8.16. The number of amides is 1. The molecule has 24 heavy (non-hydrogen) atoms. The monoisotopic (exact) mass is 325 g/mol. The summed E-state index contributed by atoms with van der Waals surface area (Å²) in [6.07, 6.45) is 0. The van der Waals surface area contributed by atoms with Crippen LogP contribution in [0.4, 0.5) is 5.69 Å². The van der Waals surface area contributed by atoms with E-state index in [4.69, 9.17) is 10.5 Å². The molecule has 2 aromatic rings. The van der Waals surface area contributed by atoms with Crippen LogP contribution in [0.25, 0.3) is 0 Å². The maximum Gasteiger partial charge on any atom is 0.248 e. The molecule has 0 radical (unpaired) electrons. The van der Waals surface area contributed by atoms with Crippen LogP contribution in [0.1, 0.15) is 15.9 Å². The zero-order valence-electron chi connectivity index (χ0n) is 13.9. The number of methoxy groups -OCH3 is 1. The van der Waals surface area contributed by atoms with Crippen LogP contribution in [0.2, 0.25) is 0 Å². The number of nitrogens with zero attached hydrogens (tertiary/aromatic N) is 2. The second-order valence-electron chi connectivity index (χ2n) is 6.00. The minimum atomic E-state index is -0.377. The first kappa shape index (κ1) is 16.3. The van der Waals surface area contributed by atoms with E-state index >= 15 is 0 Å². The molecule has 126 valence electrons. The Bertz CT molecular complexity index is 709. The minimum absolute atomic E-state index is 0.377. The average Bonchev–Trinajstić information content (AvgIpc) is 2.62. The summed E-state index contributed by atoms with van der Waals surface area (Å²) >= 11 is 0. The maximum atomic E-state index is 11.3. The Kier molecular flexibility index (Phi) is 5.01. The molecule has 0 spiro atoms. The lowest BCUT2D eigenvalue weighted by molar-refractivity contribution is 0.1000. The third-order valence-electron chi connectivity index (χ3n) is 4.42. The van der Waals surface area contributed by atoms with Gasteiger partial charge < -0.3 is 15.4 Å². The maximum absolute atomic E-state index is 11.3. The molecule has 0 atom stereocenters. The Morgan fingerprint density at radius 2 is 1.83 bits per heavy atom. The van der Waals surface area contributed by atoms with E-state index in [9.17, 15) is 4.79 Å². The fourth-order valence-electron chi connectivity index (χ4n) is 3.12. The van der Waals surface area contributed by atoms with Crippen molar-refractivity contribution in [3.8, 4) is 5.75 Å². The van der Waals surface area contributed by atoms with Crippen LogP contribution in [0.3, 0.4) is 0 Å². The Hall–Kier alpha value is -2.53. The Morgan fingerprint density at radius 1 is 1.08 bits per heavy atom. The molecule has 1 fully saturated rings. The van der Waals surface area contributed by atoms with E-state index in [0.717, 1.165) is 49.7 Å². The van der Waals surface area contributed by atoms with Crippen molar-refractivity contribution in [3.63, 3.8) is 0 Å². The average molecular weight is 325 g/mol. The van der Waals surface area contributed by atoms with Gasteiger partial charge in [-0.05, 0) is 29.8 Å². The van der Waals surface area contributed by atoms with E-state index in [-0.39, 0.29) is 5.91 Å². The second-order valence-corrected chi connectivity index (χ2v) is 6.00. The van der Waals surface area contributed by atoms with Gasteiger partial charge in [-0.15, -0.1) is 0 Å². The number of para-hydroxylation sites is 2. The van der Waals surface area contributed by atoms with Crippen molar-refractivity contribution >= 4 is 11.6 Å². The molecule has 2 aromatic carbocycles. The molecular weight excluding hydrogens is 302 g/mol. The number of piperazine rings is 1. The Morgan fingerprint density at radius 3 is 2.54 bits per heavy atom. The van der Waals surface area contributed by atoms with Crippen molar-refractivity contribution in [2.45, 2.75) is 6.54 Å². The van der Waals surface area contributed by atoms with E-state index < -0.39 is 0 Å². The van der Waals surface area contributed by atoms with Gasteiger partial charge in [0.15, 0.2) is 0 Å². The Balaban J connectivity index is 1.61. The van der Waals surface area contributed by atoms with E-state index in [2.05, 4.69) is 15.9 Å². The predicted octanol–water partition coefficient (Wildman–Crippen LogP) is 2.12. The zero-order chi connectivity index (χ0) is 16.9. The SMILES string of the molecule is COc1ccccc1N1CCN(Cc2cccc(C(N)=O)c2)CC1. The number of carbonyl (C=O) groups excluding carboxylic acids is 1. The van der Waals surface area contributed by atoms with Crippen LogP contribution in [0.5, 0.6) is 5.75 Å². The number of benzene rings is 2. The van der Waals surface area contributed by atoms with Crippen molar-refractivity contribution in [1.29, 1.82) is 0 Å². The van der Waals surface area contributed by atoms with Crippen molar-refractivity contribution in [3.05, 3.63) is 59.7 Å². The number of carbonyl (C=O) groups is 1. The van der Waals surface area contributed by atoms with Gasteiger partial charge in [0, 0.05) is 38.3 Å². The fraction of sp³-hybridized carbons (Fsp3) is 0.316. The van der Waals surface area contributed by atoms with E-state index in [1.807, 2.05) is 36.4 Å². The molecule has 5 heteroatoms. The van der Waals surface area contributed by atoms with Crippen LogP contribution in [0, 0.1) is 0 Å². The number of hydrogen-bond donors (Lipinski definition) is 1. The number of hydrogen-bond acceptors (Lipinski definition) is 4. The number of anilines is 1. The highest BCUT2D eigenvalue weighted by Crippen LogP contribution is 2.28. The normalized spacial score (nSPS) is 15.3. The quantitative estimate of drug-likeness (QED) is 0.915. The van der Waals surface area contributed by atoms with Crippen LogP contribution in [0.15, 0.2) is 48.5 Å². The van der Waals surface area contributed by atoms with Gasteiger partial charge in [-0.25, -0.2) is 0 Å². The molecule has 1 saturated heterocycles. The number of primary amides is 1. The lowest BCUT2D eigenvalue weighted by atomic mass is 10.1. The smallest absolute Gasteiger partial charge is 0.248 e. The van der Waals surface area contributed by atoms with Crippen molar-refractivity contribution in [1.82, 2.24) is 4.90 Å². The summed E-state index contributed by atoms with van der Waals surface area (Å²) in [6.45, 7) is 4.68. The summed E-state index contributed by atoms with van der Waals surface area (Å²) < 4.78 is 5.46.